The molecule has 1 heterocycles. The van der Waals surface area contributed by atoms with Gasteiger partial charge in [0.1, 0.15) is 11.6 Å². The molecule has 0 saturated carbocycles. The first kappa shape index (κ1) is 15.4. The fourth-order valence-corrected chi connectivity index (χ4v) is 2.52. The van der Waals surface area contributed by atoms with E-state index in [0.717, 1.165) is 11.3 Å². The van der Waals surface area contributed by atoms with Gasteiger partial charge in [-0.05, 0) is 29.8 Å². The smallest absolute Gasteiger partial charge is 0.134 e. The molecule has 2 rings (SSSR count). The first-order chi connectivity index (χ1) is 10.2. The molecule has 0 saturated heterocycles. The monoisotopic (exact) mass is 304 g/mol. The van der Waals surface area contributed by atoms with Crippen LogP contribution < -0.4 is 4.31 Å². The highest BCUT2D eigenvalue weighted by atomic mass is 32.2. The molecule has 5 heteroatoms. The Bertz CT molecular complexity index is 619. The number of aromatic nitrogens is 1. The topological polar surface area (TPSA) is 25.4 Å². The predicted octanol–water partition coefficient (Wildman–Crippen LogP) is 4.12. The summed E-state index contributed by atoms with van der Waals surface area (Å²) in [5.41, 5.74) is 2.24. The van der Waals surface area contributed by atoms with E-state index in [0.29, 0.717) is 17.9 Å². The lowest BCUT2D eigenvalue weighted by Gasteiger charge is -2.21. The van der Waals surface area contributed by atoms with E-state index in [-0.39, 0.29) is 5.82 Å². The Morgan fingerprint density at radius 3 is 2.81 bits per heavy atom. The minimum atomic E-state index is -0.327. The van der Waals surface area contributed by atoms with Gasteiger partial charge in [0.25, 0.3) is 0 Å². The average molecular weight is 304 g/mol. The van der Waals surface area contributed by atoms with Crippen LogP contribution in [0.5, 0.6) is 0 Å². The molecular formula is C16H17FN2OS. The second kappa shape index (κ2) is 7.13. The number of pyridine rings is 1. The molecule has 3 nitrogen and oxygen atoms in total. The zero-order chi connectivity index (χ0) is 15.2. The molecule has 0 aliphatic rings. The Labute approximate surface area is 128 Å². The number of halogens is 1. The maximum Gasteiger partial charge on any atom is 0.134 e. The van der Waals surface area contributed by atoms with Gasteiger partial charge in [0.05, 0.1) is 31.1 Å². The lowest BCUT2D eigenvalue weighted by Crippen LogP contribution is -2.13. The van der Waals surface area contributed by atoms with Crippen molar-refractivity contribution in [1.29, 1.82) is 0 Å². The Balaban J connectivity index is 2.19. The molecule has 2 aromatic rings. The summed E-state index contributed by atoms with van der Waals surface area (Å²) in [7, 11) is 1.48. The normalized spacial score (nSPS) is 10.2. The molecule has 21 heavy (non-hydrogen) atoms. The number of methoxy groups -OCH3 is 1. The molecule has 0 N–H and O–H groups in total. The quantitative estimate of drug-likeness (QED) is 0.592. The van der Waals surface area contributed by atoms with Crippen LogP contribution in [-0.4, -0.2) is 18.3 Å². The molecule has 0 fully saturated rings. The van der Waals surface area contributed by atoms with Gasteiger partial charge in [0, 0.05) is 12.5 Å². The standard InChI is InChI=1S/C16H17FN2OS/c1-12(20-2)15-7-6-13(9-16(15)17)11-19(21-3)14-5-4-8-18-10-14/h4-10H,1,11H2,2-3H3. The summed E-state index contributed by atoms with van der Waals surface area (Å²) in [6.07, 6.45) is 5.49. The summed E-state index contributed by atoms with van der Waals surface area (Å²) in [5.74, 6) is -0.000350. The van der Waals surface area contributed by atoms with Crippen LogP contribution in [-0.2, 0) is 11.3 Å². The van der Waals surface area contributed by atoms with Crippen molar-refractivity contribution in [2.45, 2.75) is 6.54 Å². The molecule has 0 spiro atoms. The minimum Gasteiger partial charge on any atom is -0.497 e. The molecule has 1 aromatic heterocycles. The Kier molecular flexibility index (Phi) is 5.22. The number of benzene rings is 1. The van der Waals surface area contributed by atoms with Crippen LogP contribution in [0.25, 0.3) is 5.76 Å². The predicted molar refractivity (Wildman–Crippen MR) is 86.4 cm³/mol. The summed E-state index contributed by atoms with van der Waals surface area (Å²) in [6.45, 7) is 4.26. The van der Waals surface area contributed by atoms with Gasteiger partial charge < -0.3 is 9.04 Å². The molecule has 0 unspecified atom stereocenters. The summed E-state index contributed by atoms with van der Waals surface area (Å²) in [6, 6.07) is 8.94. The van der Waals surface area contributed by atoms with E-state index in [4.69, 9.17) is 4.74 Å². The average Bonchev–Trinajstić information content (AvgIpc) is 2.53. The van der Waals surface area contributed by atoms with Gasteiger partial charge in [-0.3, -0.25) is 4.98 Å². The summed E-state index contributed by atoms with van der Waals surface area (Å²) in [4.78, 5) is 4.10. The molecule has 0 aliphatic carbocycles. The van der Waals surface area contributed by atoms with Crippen molar-refractivity contribution in [3.63, 3.8) is 0 Å². The highest BCUT2D eigenvalue weighted by Crippen LogP contribution is 2.24. The highest BCUT2D eigenvalue weighted by molar-refractivity contribution is 7.99. The number of nitrogens with zero attached hydrogens (tertiary/aromatic N) is 2. The molecule has 0 bridgehead atoms. The first-order valence-corrected chi connectivity index (χ1v) is 7.57. The van der Waals surface area contributed by atoms with Crippen LogP contribution in [0.1, 0.15) is 11.1 Å². The van der Waals surface area contributed by atoms with Crippen LogP contribution >= 0.6 is 11.9 Å². The molecule has 1 aromatic carbocycles. The van der Waals surface area contributed by atoms with Crippen molar-refractivity contribution >= 4 is 23.4 Å². The van der Waals surface area contributed by atoms with Gasteiger partial charge >= 0.3 is 0 Å². The van der Waals surface area contributed by atoms with Gasteiger partial charge in [-0.2, -0.15) is 0 Å². The third-order valence-corrected chi connectivity index (χ3v) is 3.84. The number of rotatable bonds is 6. The Morgan fingerprint density at radius 2 is 2.24 bits per heavy atom. The number of hydrogen-bond donors (Lipinski definition) is 0. The van der Waals surface area contributed by atoms with E-state index in [9.17, 15) is 4.39 Å². The van der Waals surface area contributed by atoms with Gasteiger partial charge in [-0.25, -0.2) is 4.39 Å². The summed E-state index contributed by atoms with van der Waals surface area (Å²) >= 11 is 1.57. The fraction of sp³-hybridized carbons (Fsp3) is 0.188. The lowest BCUT2D eigenvalue weighted by molar-refractivity contribution is 0.368. The zero-order valence-corrected chi connectivity index (χ0v) is 12.9. The maximum absolute atomic E-state index is 14.1. The van der Waals surface area contributed by atoms with Gasteiger partial charge in [0.2, 0.25) is 0 Å². The molecule has 110 valence electrons. The second-order valence-electron chi connectivity index (χ2n) is 4.37. The van der Waals surface area contributed by atoms with Gasteiger partial charge in [-0.1, -0.05) is 24.6 Å². The second-order valence-corrected chi connectivity index (χ2v) is 5.18. The molecule has 0 atom stereocenters. The molecule has 0 amide bonds. The highest BCUT2D eigenvalue weighted by Gasteiger charge is 2.10. The van der Waals surface area contributed by atoms with Gasteiger partial charge in [-0.15, -0.1) is 0 Å². The van der Waals surface area contributed by atoms with E-state index in [2.05, 4.69) is 11.6 Å². The van der Waals surface area contributed by atoms with Crippen molar-refractivity contribution in [3.05, 3.63) is 66.2 Å². The van der Waals surface area contributed by atoms with E-state index in [1.165, 1.54) is 13.2 Å². The van der Waals surface area contributed by atoms with Crippen molar-refractivity contribution in [2.24, 2.45) is 0 Å². The van der Waals surface area contributed by atoms with Crippen LogP contribution in [0.4, 0.5) is 10.1 Å². The third-order valence-electron chi connectivity index (χ3n) is 3.06. The van der Waals surface area contributed by atoms with Crippen molar-refractivity contribution < 1.29 is 9.13 Å². The largest absolute Gasteiger partial charge is 0.497 e. The number of anilines is 1. The minimum absolute atomic E-state index is 0.327. The fourth-order valence-electron chi connectivity index (χ4n) is 1.92. The Morgan fingerprint density at radius 1 is 1.43 bits per heavy atom. The van der Waals surface area contributed by atoms with E-state index in [1.807, 2.05) is 28.8 Å². The van der Waals surface area contributed by atoms with Gasteiger partial charge in [0.15, 0.2) is 0 Å². The summed E-state index contributed by atoms with van der Waals surface area (Å²) < 4.78 is 21.1. The molecule has 0 aliphatic heterocycles. The van der Waals surface area contributed by atoms with Crippen LogP contribution in [0, 0.1) is 5.82 Å². The third kappa shape index (κ3) is 3.76. The zero-order valence-electron chi connectivity index (χ0n) is 12.0. The summed E-state index contributed by atoms with van der Waals surface area (Å²) in [5, 5.41) is 0. The van der Waals surface area contributed by atoms with E-state index in [1.54, 1.807) is 30.4 Å². The van der Waals surface area contributed by atoms with Crippen molar-refractivity contribution in [2.75, 3.05) is 17.7 Å². The van der Waals surface area contributed by atoms with Crippen LogP contribution in [0.15, 0.2) is 49.3 Å². The lowest BCUT2D eigenvalue weighted by atomic mass is 10.1. The van der Waals surface area contributed by atoms with Crippen LogP contribution in [0.3, 0.4) is 0 Å². The molecular weight excluding hydrogens is 287 g/mol. The van der Waals surface area contributed by atoms with Crippen molar-refractivity contribution in [1.82, 2.24) is 4.98 Å². The SMILES string of the molecule is C=C(OC)c1ccc(CN(SC)c2cccnc2)cc1F. The van der Waals surface area contributed by atoms with E-state index >= 15 is 0 Å². The number of hydrogen-bond acceptors (Lipinski definition) is 4. The maximum atomic E-state index is 14.1. The number of ether oxygens (including phenoxy) is 1. The molecule has 0 radical (unpaired) electrons. The Hall–Kier alpha value is -2.01. The van der Waals surface area contributed by atoms with Crippen LogP contribution in [0.2, 0.25) is 0 Å². The first-order valence-electron chi connectivity index (χ1n) is 6.39. The van der Waals surface area contributed by atoms with Crippen molar-refractivity contribution in [3.8, 4) is 0 Å². The van der Waals surface area contributed by atoms with E-state index < -0.39 is 0 Å².